The molecule has 1 aliphatic rings. The molecule has 0 saturated heterocycles. The number of benzene rings is 2. The van der Waals surface area contributed by atoms with Crippen molar-refractivity contribution in [1.82, 2.24) is 5.32 Å². The zero-order valence-electron chi connectivity index (χ0n) is 23.9. The summed E-state index contributed by atoms with van der Waals surface area (Å²) in [5.41, 5.74) is 6.11. The monoisotopic (exact) mass is 616 g/mol. The molecule has 0 bridgehead atoms. The molecule has 3 atom stereocenters. The van der Waals surface area contributed by atoms with Crippen LogP contribution in [0.1, 0.15) is 48.7 Å². The second kappa shape index (κ2) is 14.8. The van der Waals surface area contributed by atoms with E-state index in [9.17, 15) is 19.5 Å². The number of fused-ring (bicyclic) bond motifs is 1. The van der Waals surface area contributed by atoms with Crippen LogP contribution in [0, 0.1) is 5.41 Å². The molecule has 5 N–H and O–H groups in total. The summed E-state index contributed by atoms with van der Waals surface area (Å²) in [4.78, 5) is 33.4. The third-order valence-electron chi connectivity index (χ3n) is 6.60. The fraction of sp³-hybridized carbons (Fsp3) is 0.387. The molecule has 0 aliphatic carbocycles. The van der Waals surface area contributed by atoms with E-state index >= 15 is 0 Å². The van der Waals surface area contributed by atoms with Crippen molar-refractivity contribution in [2.24, 2.45) is 5.41 Å². The van der Waals surface area contributed by atoms with Gasteiger partial charge in [-0.15, -0.1) is 0 Å². The van der Waals surface area contributed by atoms with Crippen molar-refractivity contribution in [3.63, 3.8) is 0 Å². The smallest absolute Gasteiger partial charge is 0.356 e. The van der Waals surface area contributed by atoms with Gasteiger partial charge in [0.1, 0.15) is 11.5 Å². The topological polar surface area (TPSA) is 159 Å². The molecule has 0 fully saturated rings. The van der Waals surface area contributed by atoms with Gasteiger partial charge in [0, 0.05) is 18.2 Å². The Hall–Kier alpha value is -3.28. The molecule has 11 heteroatoms. The summed E-state index contributed by atoms with van der Waals surface area (Å²) < 4.78 is 0. The lowest BCUT2D eigenvalue weighted by molar-refractivity contribution is -0.318. The number of rotatable bonds is 9. The Labute approximate surface area is 253 Å². The lowest BCUT2D eigenvalue weighted by Gasteiger charge is -2.16. The van der Waals surface area contributed by atoms with E-state index in [1.54, 1.807) is 0 Å². The van der Waals surface area contributed by atoms with Gasteiger partial charge < -0.3 is 35.9 Å². The van der Waals surface area contributed by atoms with Crippen LogP contribution in [-0.2, 0) is 29.0 Å². The molecular weight excluding hydrogens is 580 g/mol. The van der Waals surface area contributed by atoms with Gasteiger partial charge in [0.05, 0.1) is 33.6 Å². The van der Waals surface area contributed by atoms with Crippen LogP contribution in [0.3, 0.4) is 0 Å². The van der Waals surface area contributed by atoms with Crippen molar-refractivity contribution in [1.29, 1.82) is 0 Å². The SMILES string of the molecule is CC(C)(C)CC(=O)[s+]1cccc1-c1ccc(CNc2c(Cl)ccc3c2CCNCC3)cc1.O=C([O-])[C@H](O)[C@@H](O)C(=O)O. The first kappa shape index (κ1) is 33.2. The van der Waals surface area contributed by atoms with Crippen molar-refractivity contribution in [2.45, 2.75) is 58.8 Å². The molecule has 4 rings (SSSR count). The summed E-state index contributed by atoms with van der Waals surface area (Å²) in [6, 6.07) is 16.8. The molecule has 0 radical (unpaired) electrons. The van der Waals surface area contributed by atoms with Crippen LogP contribution in [0.4, 0.5) is 5.69 Å². The lowest BCUT2D eigenvalue weighted by atomic mass is 9.93. The minimum Gasteiger partial charge on any atom is -0.547 e. The average molecular weight is 617 g/mol. The standard InChI is InChI=1S/C27H32ClN2OS.C4H6O6/c1-27(2,3)17-25(31)32-16-4-5-24(32)21-8-6-19(7-9-21)18-30-26-22-13-15-29-14-12-20(22)10-11-23(26)28;5-1(3(7)8)2(6)4(9)10/h4-11,16,29-30H,12-15,17-18H2,1-3H3;1-2,5-6H,(H,7,8)(H,9,10)/q+1;/p-1/t;1-,2-/m.1/s1. The summed E-state index contributed by atoms with van der Waals surface area (Å²) in [6.07, 6.45) is -2.09. The first-order valence-electron chi connectivity index (χ1n) is 13.6. The van der Waals surface area contributed by atoms with Gasteiger partial charge in [-0.25, -0.2) is 9.59 Å². The Morgan fingerprint density at radius 2 is 1.69 bits per heavy atom. The third-order valence-corrected chi connectivity index (χ3v) is 8.83. The first-order chi connectivity index (χ1) is 19.8. The number of aliphatic hydroxyl groups is 2. The van der Waals surface area contributed by atoms with Crippen LogP contribution >= 0.6 is 22.1 Å². The van der Waals surface area contributed by atoms with Crippen molar-refractivity contribution in [2.75, 3.05) is 18.4 Å². The van der Waals surface area contributed by atoms with Gasteiger partial charge >= 0.3 is 11.1 Å². The highest BCUT2D eigenvalue weighted by Gasteiger charge is 2.28. The van der Waals surface area contributed by atoms with Gasteiger partial charge in [-0.2, -0.15) is 0 Å². The number of carbonyl (C=O) groups excluding carboxylic acids is 2. The predicted octanol–water partition coefficient (Wildman–Crippen LogP) is 3.68. The Balaban J connectivity index is 0.000000416. The Morgan fingerprint density at radius 3 is 2.29 bits per heavy atom. The minimum atomic E-state index is -2.38. The fourth-order valence-corrected chi connectivity index (χ4v) is 6.69. The zero-order valence-corrected chi connectivity index (χ0v) is 25.4. The van der Waals surface area contributed by atoms with E-state index in [0.717, 1.165) is 53.6 Å². The molecule has 2 heterocycles. The van der Waals surface area contributed by atoms with Crippen LogP contribution in [0.15, 0.2) is 53.9 Å². The number of aliphatic hydroxyl groups excluding tert-OH is 2. The second-order valence-corrected chi connectivity index (χ2v) is 13.5. The Bertz CT molecular complexity index is 1380. The second-order valence-electron chi connectivity index (χ2n) is 11.2. The van der Waals surface area contributed by atoms with E-state index in [4.69, 9.17) is 26.9 Å². The molecule has 2 aromatic carbocycles. The highest BCUT2D eigenvalue weighted by molar-refractivity contribution is 7.52. The van der Waals surface area contributed by atoms with Crippen molar-refractivity contribution in [3.05, 3.63) is 75.6 Å². The number of hydrogen-bond acceptors (Lipinski definition) is 8. The summed E-state index contributed by atoms with van der Waals surface area (Å²) in [5.74, 6) is -3.83. The van der Waals surface area contributed by atoms with Crippen LogP contribution in [0.25, 0.3) is 10.4 Å². The predicted molar refractivity (Wildman–Crippen MR) is 163 cm³/mol. The third kappa shape index (κ3) is 9.11. The number of anilines is 1. The molecule has 0 spiro atoms. The Kier molecular flexibility index (Phi) is 11.7. The van der Waals surface area contributed by atoms with E-state index in [1.165, 1.54) is 16.7 Å². The molecule has 0 saturated carbocycles. The number of hydrogen-bond donors (Lipinski definition) is 5. The highest BCUT2D eigenvalue weighted by Crippen LogP contribution is 2.38. The van der Waals surface area contributed by atoms with E-state index in [2.05, 4.69) is 73.2 Å². The molecule has 3 aromatic rings. The van der Waals surface area contributed by atoms with Gasteiger partial charge in [-0.05, 0) is 72.3 Å². The van der Waals surface area contributed by atoms with Crippen LogP contribution in [0.2, 0.25) is 5.02 Å². The molecule has 9 nitrogen and oxygen atoms in total. The van der Waals surface area contributed by atoms with Gasteiger partial charge in [0.15, 0.2) is 11.0 Å². The van der Waals surface area contributed by atoms with Crippen molar-refractivity contribution >= 4 is 44.8 Å². The molecule has 1 aromatic heterocycles. The first-order valence-corrected chi connectivity index (χ1v) is 15.2. The highest BCUT2D eigenvalue weighted by atomic mass is 35.5. The van der Waals surface area contributed by atoms with Gasteiger partial charge in [0.2, 0.25) is 0 Å². The van der Waals surface area contributed by atoms with Crippen molar-refractivity contribution < 1.29 is 34.8 Å². The van der Waals surface area contributed by atoms with Crippen LogP contribution in [-0.4, -0.2) is 57.7 Å². The van der Waals surface area contributed by atoms with Gasteiger partial charge in [0.25, 0.3) is 0 Å². The van der Waals surface area contributed by atoms with Crippen LogP contribution in [0.5, 0.6) is 0 Å². The molecule has 42 heavy (non-hydrogen) atoms. The summed E-state index contributed by atoms with van der Waals surface area (Å²) in [6.45, 7) is 9.07. The molecule has 1 aliphatic heterocycles. The van der Waals surface area contributed by atoms with E-state index in [1.807, 2.05) is 12.1 Å². The maximum Gasteiger partial charge on any atom is 0.356 e. The normalized spacial score (nSPS) is 14.9. The Morgan fingerprint density at radius 1 is 1.02 bits per heavy atom. The average Bonchev–Trinajstić information content (AvgIpc) is 3.30. The zero-order chi connectivity index (χ0) is 31.0. The van der Waals surface area contributed by atoms with Gasteiger partial charge in [-0.1, -0.05) is 50.6 Å². The fourth-order valence-electron chi connectivity index (χ4n) is 4.46. The number of carboxylic acid groups (broad SMARTS) is 2. The van der Waals surface area contributed by atoms with Gasteiger partial charge in [-0.3, -0.25) is 0 Å². The minimum absolute atomic E-state index is 0.00807. The lowest BCUT2D eigenvalue weighted by Crippen LogP contribution is -2.46. The van der Waals surface area contributed by atoms with Crippen molar-refractivity contribution in [3.8, 4) is 10.4 Å². The number of aliphatic carboxylic acids is 2. The maximum atomic E-state index is 12.8. The maximum absolute atomic E-state index is 12.8. The molecule has 1 unspecified atom stereocenters. The van der Waals surface area contributed by atoms with Crippen LogP contribution < -0.4 is 15.7 Å². The molecular formula is C31H37ClN2O7S. The van der Waals surface area contributed by atoms with E-state index in [0.29, 0.717) is 11.5 Å². The quantitative estimate of drug-likeness (QED) is 0.226. The van der Waals surface area contributed by atoms with E-state index in [-0.39, 0.29) is 5.41 Å². The number of carboxylic acids is 2. The number of halogens is 1. The number of thiophene rings is 1. The largest absolute Gasteiger partial charge is 0.547 e. The number of carbonyl (C=O) groups is 3. The van der Waals surface area contributed by atoms with E-state index < -0.39 is 34.6 Å². The summed E-state index contributed by atoms with van der Waals surface area (Å²) in [7, 11) is -0.451. The summed E-state index contributed by atoms with van der Waals surface area (Å²) >= 11 is 6.56. The summed E-state index contributed by atoms with van der Waals surface area (Å²) in [5, 5.41) is 44.3. The number of nitrogens with one attached hydrogen (secondary N) is 2. The molecule has 226 valence electrons. The molecule has 0 amide bonds.